The summed E-state index contributed by atoms with van der Waals surface area (Å²) in [5, 5.41) is 0. The molecule has 0 aliphatic heterocycles. The van der Waals surface area contributed by atoms with Crippen LogP contribution in [0, 0.1) is 0 Å². The third-order valence-corrected chi connectivity index (χ3v) is 2.01. The van der Waals surface area contributed by atoms with Crippen LogP contribution in [0.5, 0.6) is 5.75 Å². The van der Waals surface area contributed by atoms with Crippen LogP contribution in [0.4, 0.5) is 18.9 Å². The second kappa shape index (κ2) is 5.47. The van der Waals surface area contributed by atoms with E-state index in [1.54, 1.807) is 12.4 Å². The summed E-state index contributed by atoms with van der Waals surface area (Å²) in [7, 11) is 0. The Balaban J connectivity index is 2.05. The van der Waals surface area contributed by atoms with Crippen LogP contribution in [0.25, 0.3) is 0 Å². The topological polar surface area (TPSA) is 47.4 Å². The molecule has 0 atom stereocenters. The summed E-state index contributed by atoms with van der Waals surface area (Å²) in [4.78, 5) is 11.7. The molecule has 0 saturated carbocycles. The SMILES string of the molecule is FC(F)(F)Oc1ccc(/N=C/c2cncnc2)cc1. The van der Waals surface area contributed by atoms with E-state index < -0.39 is 6.36 Å². The molecule has 4 nitrogen and oxygen atoms in total. The van der Waals surface area contributed by atoms with E-state index in [2.05, 4.69) is 19.7 Å². The van der Waals surface area contributed by atoms with E-state index in [0.29, 0.717) is 11.3 Å². The van der Waals surface area contributed by atoms with E-state index in [4.69, 9.17) is 0 Å². The summed E-state index contributed by atoms with van der Waals surface area (Å²) in [5.41, 5.74) is 1.19. The Kier molecular flexibility index (Phi) is 3.74. The van der Waals surface area contributed by atoms with E-state index in [-0.39, 0.29) is 5.75 Å². The van der Waals surface area contributed by atoms with Gasteiger partial charge in [-0.3, -0.25) is 4.99 Å². The molecule has 0 N–H and O–H groups in total. The number of hydrogen-bond donors (Lipinski definition) is 0. The van der Waals surface area contributed by atoms with Crippen molar-refractivity contribution in [3.05, 3.63) is 48.5 Å². The van der Waals surface area contributed by atoms with Crippen molar-refractivity contribution in [3.63, 3.8) is 0 Å². The largest absolute Gasteiger partial charge is 0.573 e. The maximum atomic E-state index is 11.9. The predicted octanol–water partition coefficient (Wildman–Crippen LogP) is 3.13. The number of hydrogen-bond acceptors (Lipinski definition) is 4. The molecule has 98 valence electrons. The van der Waals surface area contributed by atoms with Crippen LogP contribution in [-0.2, 0) is 0 Å². The zero-order valence-electron chi connectivity index (χ0n) is 9.50. The van der Waals surface area contributed by atoms with Crippen molar-refractivity contribution in [1.82, 2.24) is 9.97 Å². The zero-order chi connectivity index (χ0) is 13.7. The lowest BCUT2D eigenvalue weighted by Gasteiger charge is -2.08. The number of aliphatic imine (C=N–C) groups is 1. The highest BCUT2D eigenvalue weighted by atomic mass is 19.4. The highest BCUT2D eigenvalue weighted by Crippen LogP contribution is 2.24. The van der Waals surface area contributed by atoms with Gasteiger partial charge in [0.15, 0.2) is 0 Å². The number of rotatable bonds is 3. The van der Waals surface area contributed by atoms with Gasteiger partial charge >= 0.3 is 6.36 Å². The van der Waals surface area contributed by atoms with Crippen molar-refractivity contribution < 1.29 is 17.9 Å². The zero-order valence-corrected chi connectivity index (χ0v) is 9.50. The lowest BCUT2D eigenvalue weighted by molar-refractivity contribution is -0.274. The third-order valence-electron chi connectivity index (χ3n) is 2.01. The molecule has 0 spiro atoms. The van der Waals surface area contributed by atoms with Gasteiger partial charge in [-0.2, -0.15) is 0 Å². The fourth-order valence-electron chi connectivity index (χ4n) is 1.26. The van der Waals surface area contributed by atoms with Gasteiger partial charge in [0.1, 0.15) is 12.1 Å². The minimum atomic E-state index is -4.69. The van der Waals surface area contributed by atoms with Crippen molar-refractivity contribution in [2.24, 2.45) is 4.99 Å². The first-order valence-electron chi connectivity index (χ1n) is 5.18. The van der Waals surface area contributed by atoms with Crippen LogP contribution < -0.4 is 4.74 Å². The molecule has 1 aromatic carbocycles. The Labute approximate surface area is 106 Å². The fraction of sp³-hybridized carbons (Fsp3) is 0.0833. The highest BCUT2D eigenvalue weighted by molar-refractivity contribution is 5.80. The van der Waals surface area contributed by atoms with Crippen molar-refractivity contribution in [2.75, 3.05) is 0 Å². The molecular weight excluding hydrogens is 259 g/mol. The van der Waals surface area contributed by atoms with Crippen molar-refractivity contribution in [1.29, 1.82) is 0 Å². The summed E-state index contributed by atoms with van der Waals surface area (Å²) in [6.45, 7) is 0. The lowest BCUT2D eigenvalue weighted by Crippen LogP contribution is -2.16. The van der Waals surface area contributed by atoms with E-state index in [9.17, 15) is 13.2 Å². The van der Waals surface area contributed by atoms with Crippen LogP contribution in [0.2, 0.25) is 0 Å². The maximum Gasteiger partial charge on any atom is 0.573 e. The number of aromatic nitrogens is 2. The van der Waals surface area contributed by atoms with Crippen molar-refractivity contribution in [3.8, 4) is 5.75 Å². The smallest absolute Gasteiger partial charge is 0.406 e. The van der Waals surface area contributed by atoms with Crippen LogP contribution in [0.15, 0.2) is 48.0 Å². The first-order chi connectivity index (χ1) is 9.03. The van der Waals surface area contributed by atoms with Crippen LogP contribution in [-0.4, -0.2) is 22.5 Å². The lowest BCUT2D eigenvalue weighted by atomic mass is 10.3. The van der Waals surface area contributed by atoms with Gasteiger partial charge in [-0.05, 0) is 24.3 Å². The highest BCUT2D eigenvalue weighted by Gasteiger charge is 2.30. The van der Waals surface area contributed by atoms with E-state index in [1.807, 2.05) is 0 Å². The molecule has 2 aromatic rings. The molecule has 0 unspecified atom stereocenters. The van der Waals surface area contributed by atoms with Crippen LogP contribution in [0.3, 0.4) is 0 Å². The molecule has 0 amide bonds. The van der Waals surface area contributed by atoms with E-state index >= 15 is 0 Å². The number of benzene rings is 1. The molecule has 0 radical (unpaired) electrons. The molecule has 0 fully saturated rings. The van der Waals surface area contributed by atoms with Crippen molar-refractivity contribution >= 4 is 11.9 Å². The molecule has 0 bridgehead atoms. The van der Waals surface area contributed by atoms with Gasteiger partial charge in [-0.25, -0.2) is 9.97 Å². The Morgan fingerprint density at radius 3 is 2.26 bits per heavy atom. The normalized spacial score (nSPS) is 11.7. The number of ether oxygens (including phenoxy) is 1. The van der Waals surface area contributed by atoms with Gasteiger partial charge in [0, 0.05) is 24.2 Å². The summed E-state index contributed by atoms with van der Waals surface area (Å²) in [6.07, 6.45) is 1.35. The first kappa shape index (κ1) is 13.0. The van der Waals surface area contributed by atoms with Gasteiger partial charge in [-0.15, -0.1) is 13.2 Å². The summed E-state index contributed by atoms with van der Waals surface area (Å²) in [5.74, 6) is -0.283. The summed E-state index contributed by atoms with van der Waals surface area (Å²) >= 11 is 0. The predicted molar refractivity (Wildman–Crippen MR) is 62.4 cm³/mol. The third kappa shape index (κ3) is 4.38. The minimum absolute atomic E-state index is 0.283. The number of alkyl halides is 3. The number of nitrogens with zero attached hydrogens (tertiary/aromatic N) is 3. The minimum Gasteiger partial charge on any atom is -0.406 e. The molecule has 0 aliphatic carbocycles. The summed E-state index contributed by atoms with van der Waals surface area (Å²) in [6, 6.07) is 5.23. The second-order valence-corrected chi connectivity index (χ2v) is 3.47. The van der Waals surface area contributed by atoms with Gasteiger partial charge in [0.05, 0.1) is 5.69 Å². The first-order valence-corrected chi connectivity index (χ1v) is 5.18. The molecule has 1 aromatic heterocycles. The Morgan fingerprint density at radius 1 is 1.05 bits per heavy atom. The average Bonchev–Trinajstić information content (AvgIpc) is 2.37. The van der Waals surface area contributed by atoms with Gasteiger partial charge in [-0.1, -0.05) is 0 Å². The Bertz CT molecular complexity index is 553. The molecule has 19 heavy (non-hydrogen) atoms. The molecule has 7 heteroatoms. The molecule has 1 heterocycles. The van der Waals surface area contributed by atoms with Gasteiger partial charge in [0.2, 0.25) is 0 Å². The maximum absolute atomic E-state index is 11.9. The molecule has 2 rings (SSSR count). The average molecular weight is 267 g/mol. The quantitative estimate of drug-likeness (QED) is 0.803. The Morgan fingerprint density at radius 2 is 1.68 bits per heavy atom. The molecule has 0 aliphatic rings. The standard InChI is InChI=1S/C12H8F3N3O/c13-12(14,15)19-11-3-1-10(2-4-11)18-7-9-5-16-8-17-6-9/h1-8H/b18-7+. The summed E-state index contributed by atoms with van der Waals surface area (Å²) < 4.78 is 39.6. The van der Waals surface area contributed by atoms with Gasteiger partial charge < -0.3 is 4.74 Å². The molecular formula is C12H8F3N3O. The van der Waals surface area contributed by atoms with Gasteiger partial charge in [0.25, 0.3) is 0 Å². The second-order valence-electron chi connectivity index (χ2n) is 3.47. The van der Waals surface area contributed by atoms with Crippen LogP contribution >= 0.6 is 0 Å². The van der Waals surface area contributed by atoms with Crippen molar-refractivity contribution in [2.45, 2.75) is 6.36 Å². The fourth-order valence-corrected chi connectivity index (χ4v) is 1.26. The van der Waals surface area contributed by atoms with E-state index in [0.717, 1.165) is 0 Å². The monoisotopic (exact) mass is 267 g/mol. The van der Waals surface area contributed by atoms with Crippen LogP contribution in [0.1, 0.15) is 5.56 Å². The molecule has 0 saturated heterocycles. The number of halogens is 3. The van der Waals surface area contributed by atoms with E-state index in [1.165, 1.54) is 36.8 Å². The Hall–Kier alpha value is -2.44.